The van der Waals surface area contributed by atoms with Gasteiger partial charge in [0.1, 0.15) is 11.3 Å². The number of halogens is 4. The largest absolute Gasteiger partial charge is 0.417 e. The lowest BCUT2D eigenvalue weighted by atomic mass is 9.91. The van der Waals surface area contributed by atoms with Crippen molar-refractivity contribution in [2.75, 3.05) is 13.1 Å². The first-order chi connectivity index (χ1) is 10.3. The number of hydrogen-bond donors (Lipinski definition) is 2. The summed E-state index contributed by atoms with van der Waals surface area (Å²) in [4.78, 5) is 8.85. The predicted molar refractivity (Wildman–Crippen MR) is 71.6 cm³/mol. The van der Waals surface area contributed by atoms with Gasteiger partial charge in [-0.1, -0.05) is 6.07 Å². The molecule has 0 aliphatic carbocycles. The Labute approximate surface area is 123 Å². The Morgan fingerprint density at radius 3 is 2.55 bits per heavy atom. The van der Waals surface area contributed by atoms with Crippen molar-refractivity contribution in [3.05, 3.63) is 29.8 Å². The molecule has 0 atom stereocenters. The van der Waals surface area contributed by atoms with Gasteiger partial charge in [0.2, 0.25) is 0 Å². The number of rotatable bonds is 2. The number of piperidine rings is 1. The Kier molecular flexibility index (Phi) is 3.60. The summed E-state index contributed by atoms with van der Waals surface area (Å²) in [6.45, 7) is 0.507. The van der Waals surface area contributed by atoms with Crippen molar-refractivity contribution in [2.24, 2.45) is 0 Å². The van der Waals surface area contributed by atoms with Crippen LogP contribution in [0.15, 0.2) is 18.2 Å². The molecule has 4 nitrogen and oxygen atoms in total. The Morgan fingerprint density at radius 1 is 1.27 bits per heavy atom. The summed E-state index contributed by atoms with van der Waals surface area (Å²) in [5, 5.41) is 9.62. The fraction of sp³-hybridized carbons (Fsp3) is 0.500. The van der Waals surface area contributed by atoms with Crippen LogP contribution in [0.1, 0.15) is 18.7 Å². The number of benzene rings is 1. The lowest BCUT2D eigenvalue weighted by Gasteiger charge is -2.38. The van der Waals surface area contributed by atoms with Crippen LogP contribution in [0.5, 0.6) is 0 Å². The average molecular weight is 317 g/mol. The summed E-state index contributed by atoms with van der Waals surface area (Å²) in [5.41, 5.74) is -1.83. The zero-order valence-corrected chi connectivity index (χ0v) is 11.6. The van der Waals surface area contributed by atoms with E-state index >= 15 is 0 Å². The molecule has 120 valence electrons. The van der Waals surface area contributed by atoms with Gasteiger partial charge < -0.3 is 10.1 Å². The minimum Gasteiger partial charge on any atom is -0.380 e. The standard InChI is InChI=1S/C14H15F4N3O/c15-9-2-1-3-10-12(9)20-11(19-10)8-21-6-4-13(22,5-7-21)14(16,17)18/h1-3,22H,4-8H2,(H,19,20). The second kappa shape index (κ2) is 5.20. The predicted octanol–water partition coefficient (Wildman–Crippen LogP) is 2.59. The highest BCUT2D eigenvalue weighted by molar-refractivity contribution is 5.75. The molecule has 2 aromatic rings. The molecule has 2 N–H and O–H groups in total. The molecular weight excluding hydrogens is 302 g/mol. The van der Waals surface area contributed by atoms with E-state index < -0.39 is 17.6 Å². The van der Waals surface area contributed by atoms with Crippen molar-refractivity contribution < 1.29 is 22.7 Å². The molecule has 0 amide bonds. The third kappa shape index (κ3) is 2.68. The number of H-pyrrole nitrogens is 1. The monoisotopic (exact) mass is 317 g/mol. The van der Waals surface area contributed by atoms with Gasteiger partial charge in [-0.2, -0.15) is 13.2 Å². The lowest BCUT2D eigenvalue weighted by molar-refractivity contribution is -0.272. The van der Waals surface area contributed by atoms with Gasteiger partial charge in [0.15, 0.2) is 11.4 Å². The number of aromatic nitrogens is 2. The van der Waals surface area contributed by atoms with Crippen molar-refractivity contribution in [3.63, 3.8) is 0 Å². The first kappa shape index (κ1) is 15.2. The molecule has 1 saturated heterocycles. The van der Waals surface area contributed by atoms with E-state index in [1.165, 1.54) is 6.07 Å². The van der Waals surface area contributed by atoms with E-state index in [4.69, 9.17) is 0 Å². The van der Waals surface area contributed by atoms with Crippen LogP contribution in [0.4, 0.5) is 17.6 Å². The maximum Gasteiger partial charge on any atom is 0.417 e. The van der Waals surface area contributed by atoms with Crippen molar-refractivity contribution in [1.29, 1.82) is 0 Å². The second-order valence-electron chi connectivity index (χ2n) is 5.62. The molecule has 1 aliphatic rings. The quantitative estimate of drug-likeness (QED) is 0.837. The highest BCUT2D eigenvalue weighted by Crippen LogP contribution is 2.38. The molecule has 0 spiro atoms. The third-order valence-electron chi connectivity index (χ3n) is 4.10. The van der Waals surface area contributed by atoms with Crippen molar-refractivity contribution in [1.82, 2.24) is 14.9 Å². The molecule has 1 aromatic carbocycles. The maximum atomic E-state index is 13.6. The van der Waals surface area contributed by atoms with Crippen molar-refractivity contribution >= 4 is 11.0 Å². The number of alkyl halides is 3. The number of para-hydroxylation sites is 1. The van der Waals surface area contributed by atoms with Gasteiger partial charge in [0.25, 0.3) is 0 Å². The summed E-state index contributed by atoms with van der Waals surface area (Å²) in [7, 11) is 0. The van der Waals surface area contributed by atoms with E-state index in [0.29, 0.717) is 17.9 Å². The van der Waals surface area contributed by atoms with Crippen LogP contribution in [0, 0.1) is 5.82 Å². The van der Waals surface area contributed by atoms with E-state index in [0.717, 1.165) is 0 Å². The number of fused-ring (bicyclic) bond motifs is 1. The van der Waals surface area contributed by atoms with E-state index in [1.807, 2.05) is 0 Å². The highest BCUT2D eigenvalue weighted by Gasteiger charge is 2.54. The molecule has 0 unspecified atom stereocenters. The number of likely N-dealkylation sites (tertiary alicyclic amines) is 1. The van der Waals surface area contributed by atoms with Gasteiger partial charge >= 0.3 is 6.18 Å². The van der Waals surface area contributed by atoms with Crippen LogP contribution < -0.4 is 0 Å². The Balaban J connectivity index is 1.69. The van der Waals surface area contributed by atoms with Crippen molar-refractivity contribution in [2.45, 2.75) is 31.2 Å². The Morgan fingerprint density at radius 2 is 1.95 bits per heavy atom. The van der Waals surface area contributed by atoms with Gasteiger partial charge in [0, 0.05) is 13.1 Å². The SMILES string of the molecule is OC1(C(F)(F)F)CCN(Cc2nc3c(F)cccc3[nH]2)CC1. The van der Waals surface area contributed by atoms with Crippen LogP contribution in [0.25, 0.3) is 11.0 Å². The smallest absolute Gasteiger partial charge is 0.380 e. The summed E-state index contributed by atoms with van der Waals surface area (Å²) in [6, 6.07) is 4.55. The molecule has 0 radical (unpaired) electrons. The molecule has 1 aromatic heterocycles. The first-order valence-electron chi connectivity index (χ1n) is 6.93. The summed E-state index contributed by atoms with van der Waals surface area (Å²) >= 11 is 0. The lowest BCUT2D eigenvalue weighted by Crippen LogP contribution is -2.53. The van der Waals surface area contributed by atoms with Crippen molar-refractivity contribution in [3.8, 4) is 0 Å². The Bertz CT molecular complexity index is 674. The molecule has 22 heavy (non-hydrogen) atoms. The molecule has 3 rings (SSSR count). The molecule has 8 heteroatoms. The molecule has 1 aliphatic heterocycles. The first-order valence-corrected chi connectivity index (χ1v) is 6.93. The normalized spacial score (nSPS) is 19.7. The number of aliphatic hydroxyl groups is 1. The number of aromatic amines is 1. The zero-order valence-electron chi connectivity index (χ0n) is 11.6. The second-order valence-corrected chi connectivity index (χ2v) is 5.62. The average Bonchev–Trinajstić information content (AvgIpc) is 2.84. The summed E-state index contributed by atoms with van der Waals surface area (Å²) < 4.78 is 51.8. The van der Waals surface area contributed by atoms with Gasteiger partial charge in [-0.3, -0.25) is 4.90 Å². The van der Waals surface area contributed by atoms with Crippen LogP contribution in [0.3, 0.4) is 0 Å². The zero-order chi connectivity index (χ0) is 16.0. The van der Waals surface area contributed by atoms with Crippen LogP contribution >= 0.6 is 0 Å². The van der Waals surface area contributed by atoms with Gasteiger partial charge in [-0.15, -0.1) is 0 Å². The topological polar surface area (TPSA) is 52.1 Å². The molecule has 0 bridgehead atoms. The number of hydrogen-bond acceptors (Lipinski definition) is 3. The fourth-order valence-electron chi connectivity index (χ4n) is 2.70. The van der Waals surface area contributed by atoms with Gasteiger partial charge in [-0.25, -0.2) is 9.37 Å². The van der Waals surface area contributed by atoms with Crippen LogP contribution in [-0.2, 0) is 6.54 Å². The summed E-state index contributed by atoms with van der Waals surface area (Å²) in [5.74, 6) is 0.0580. The number of imidazole rings is 1. The number of nitrogens with zero attached hydrogens (tertiary/aromatic N) is 2. The van der Waals surface area contributed by atoms with Gasteiger partial charge in [-0.05, 0) is 25.0 Å². The van der Waals surface area contributed by atoms with E-state index in [1.54, 1.807) is 17.0 Å². The Hall–Kier alpha value is -1.67. The summed E-state index contributed by atoms with van der Waals surface area (Å²) in [6.07, 6.45) is -5.35. The van der Waals surface area contributed by atoms with Crippen LogP contribution in [0.2, 0.25) is 0 Å². The minimum atomic E-state index is -4.61. The molecule has 2 heterocycles. The maximum absolute atomic E-state index is 13.6. The van der Waals surface area contributed by atoms with Gasteiger partial charge in [0.05, 0.1) is 12.1 Å². The molecule has 1 fully saturated rings. The molecule has 0 saturated carbocycles. The highest BCUT2D eigenvalue weighted by atomic mass is 19.4. The minimum absolute atomic E-state index is 0.107. The fourth-order valence-corrected chi connectivity index (χ4v) is 2.70. The third-order valence-corrected chi connectivity index (χ3v) is 4.10. The van der Waals surface area contributed by atoms with E-state index in [9.17, 15) is 22.7 Å². The van der Waals surface area contributed by atoms with E-state index in [2.05, 4.69) is 9.97 Å². The van der Waals surface area contributed by atoms with Crippen LogP contribution in [-0.4, -0.2) is 44.8 Å². The molecular formula is C14H15F4N3O. The van der Waals surface area contributed by atoms with E-state index in [-0.39, 0.29) is 31.4 Å². The number of nitrogens with one attached hydrogen (secondary N) is 1.